The first-order valence-corrected chi connectivity index (χ1v) is 8.57. The predicted molar refractivity (Wildman–Crippen MR) is 87.9 cm³/mol. The Kier molecular flexibility index (Phi) is 6.95. The summed E-state index contributed by atoms with van der Waals surface area (Å²) < 4.78 is 5.84. The van der Waals surface area contributed by atoms with Gasteiger partial charge in [-0.2, -0.15) is 0 Å². The standard InChI is InChI=1S/C15H26N4OS/c1-12-10-18-14(21-12)11-19-15(16-2)17-8-5-9-20-13-6-3-4-7-13/h10,13H,3-9,11H2,1-2H3,(H2,16,17,19). The summed E-state index contributed by atoms with van der Waals surface area (Å²) >= 11 is 1.71. The average Bonchev–Trinajstić information content (AvgIpc) is 3.13. The van der Waals surface area contributed by atoms with Crippen molar-refractivity contribution in [2.24, 2.45) is 4.99 Å². The summed E-state index contributed by atoms with van der Waals surface area (Å²) in [7, 11) is 1.79. The largest absolute Gasteiger partial charge is 0.378 e. The minimum Gasteiger partial charge on any atom is -0.378 e. The number of aromatic nitrogens is 1. The molecule has 1 fully saturated rings. The second-order valence-corrected chi connectivity index (χ2v) is 6.67. The third-order valence-corrected chi connectivity index (χ3v) is 4.48. The van der Waals surface area contributed by atoms with Gasteiger partial charge in [0.05, 0.1) is 12.6 Å². The van der Waals surface area contributed by atoms with Gasteiger partial charge < -0.3 is 15.4 Å². The van der Waals surface area contributed by atoms with E-state index in [-0.39, 0.29) is 0 Å². The van der Waals surface area contributed by atoms with Crippen molar-refractivity contribution in [2.45, 2.75) is 51.7 Å². The fourth-order valence-corrected chi connectivity index (χ4v) is 3.17. The quantitative estimate of drug-likeness (QED) is 0.461. The van der Waals surface area contributed by atoms with E-state index in [1.54, 1.807) is 18.4 Å². The molecule has 1 aromatic heterocycles. The van der Waals surface area contributed by atoms with Gasteiger partial charge in [0.25, 0.3) is 0 Å². The van der Waals surface area contributed by atoms with E-state index in [1.807, 2.05) is 6.20 Å². The van der Waals surface area contributed by atoms with Crippen molar-refractivity contribution in [3.8, 4) is 0 Å². The number of thiazole rings is 1. The van der Waals surface area contributed by atoms with E-state index in [9.17, 15) is 0 Å². The second kappa shape index (κ2) is 9.00. The molecule has 118 valence electrons. The summed E-state index contributed by atoms with van der Waals surface area (Å²) in [5, 5.41) is 7.67. The van der Waals surface area contributed by atoms with Crippen molar-refractivity contribution in [3.05, 3.63) is 16.1 Å². The van der Waals surface area contributed by atoms with Crippen LogP contribution in [0.2, 0.25) is 0 Å². The van der Waals surface area contributed by atoms with E-state index in [4.69, 9.17) is 4.74 Å². The van der Waals surface area contributed by atoms with E-state index in [1.165, 1.54) is 30.6 Å². The van der Waals surface area contributed by atoms with Crippen LogP contribution >= 0.6 is 11.3 Å². The lowest BCUT2D eigenvalue weighted by atomic mass is 10.3. The van der Waals surface area contributed by atoms with Gasteiger partial charge >= 0.3 is 0 Å². The molecule has 6 heteroatoms. The van der Waals surface area contributed by atoms with Crippen LogP contribution in [0.1, 0.15) is 42.0 Å². The number of nitrogens with one attached hydrogen (secondary N) is 2. The normalized spacial score (nSPS) is 16.4. The highest BCUT2D eigenvalue weighted by atomic mass is 32.1. The number of nitrogens with zero attached hydrogens (tertiary/aromatic N) is 2. The minimum absolute atomic E-state index is 0.510. The smallest absolute Gasteiger partial charge is 0.191 e. The number of hydrogen-bond donors (Lipinski definition) is 2. The van der Waals surface area contributed by atoms with Crippen LogP contribution in [-0.4, -0.2) is 37.2 Å². The number of hydrogen-bond acceptors (Lipinski definition) is 4. The monoisotopic (exact) mass is 310 g/mol. The van der Waals surface area contributed by atoms with Crippen molar-refractivity contribution in [1.82, 2.24) is 15.6 Å². The molecule has 1 aromatic rings. The lowest BCUT2D eigenvalue weighted by molar-refractivity contribution is 0.0574. The van der Waals surface area contributed by atoms with Crippen LogP contribution in [0.3, 0.4) is 0 Å². The molecule has 21 heavy (non-hydrogen) atoms. The first-order chi connectivity index (χ1) is 10.3. The molecule has 1 aliphatic carbocycles. The highest BCUT2D eigenvalue weighted by molar-refractivity contribution is 7.11. The maximum atomic E-state index is 5.84. The first kappa shape index (κ1) is 16.2. The molecule has 0 aliphatic heterocycles. The molecule has 5 nitrogen and oxygen atoms in total. The maximum Gasteiger partial charge on any atom is 0.191 e. The van der Waals surface area contributed by atoms with Crippen LogP contribution in [0, 0.1) is 6.92 Å². The Morgan fingerprint density at radius 3 is 2.90 bits per heavy atom. The van der Waals surface area contributed by atoms with E-state index in [0.29, 0.717) is 6.10 Å². The molecule has 0 bridgehead atoms. The Bertz CT molecular complexity index is 441. The Hall–Kier alpha value is -1.14. The third kappa shape index (κ3) is 6.01. The van der Waals surface area contributed by atoms with Crippen molar-refractivity contribution in [2.75, 3.05) is 20.2 Å². The van der Waals surface area contributed by atoms with E-state index >= 15 is 0 Å². The fraction of sp³-hybridized carbons (Fsp3) is 0.733. The first-order valence-electron chi connectivity index (χ1n) is 7.75. The topological polar surface area (TPSA) is 58.5 Å². The zero-order valence-electron chi connectivity index (χ0n) is 13.0. The van der Waals surface area contributed by atoms with Crippen LogP contribution < -0.4 is 10.6 Å². The molecule has 1 aliphatic rings. The molecule has 0 saturated heterocycles. The Morgan fingerprint density at radius 1 is 1.43 bits per heavy atom. The molecule has 1 saturated carbocycles. The van der Waals surface area contributed by atoms with Gasteiger partial charge in [-0.15, -0.1) is 11.3 Å². The molecular weight excluding hydrogens is 284 g/mol. The molecule has 0 atom stereocenters. The zero-order valence-corrected chi connectivity index (χ0v) is 13.8. The number of ether oxygens (including phenoxy) is 1. The molecular formula is C15H26N4OS. The van der Waals surface area contributed by atoms with E-state index < -0.39 is 0 Å². The predicted octanol–water partition coefficient (Wildman–Crippen LogP) is 2.47. The van der Waals surface area contributed by atoms with E-state index in [0.717, 1.165) is 37.1 Å². The molecule has 0 amide bonds. The Labute approximate surface area is 131 Å². The van der Waals surface area contributed by atoms with Gasteiger partial charge in [-0.05, 0) is 26.2 Å². The summed E-state index contributed by atoms with van der Waals surface area (Å²) in [4.78, 5) is 9.78. The van der Waals surface area contributed by atoms with Gasteiger partial charge in [0, 0.05) is 31.3 Å². The number of aryl methyl sites for hydroxylation is 1. The molecule has 0 spiro atoms. The van der Waals surface area contributed by atoms with Gasteiger partial charge in [-0.25, -0.2) is 4.98 Å². The van der Waals surface area contributed by atoms with Crippen LogP contribution in [0.15, 0.2) is 11.2 Å². The van der Waals surface area contributed by atoms with Crippen LogP contribution in [0.4, 0.5) is 0 Å². The lowest BCUT2D eigenvalue weighted by Gasteiger charge is -2.13. The Morgan fingerprint density at radius 2 is 2.24 bits per heavy atom. The van der Waals surface area contributed by atoms with Crippen LogP contribution in [0.5, 0.6) is 0 Å². The van der Waals surface area contributed by atoms with Gasteiger partial charge in [0.2, 0.25) is 0 Å². The lowest BCUT2D eigenvalue weighted by Crippen LogP contribution is -2.37. The summed E-state index contributed by atoms with van der Waals surface area (Å²) in [6.45, 7) is 4.50. The van der Waals surface area contributed by atoms with Crippen molar-refractivity contribution in [3.63, 3.8) is 0 Å². The highest BCUT2D eigenvalue weighted by Gasteiger charge is 2.14. The second-order valence-electron chi connectivity index (χ2n) is 5.35. The highest BCUT2D eigenvalue weighted by Crippen LogP contribution is 2.20. The van der Waals surface area contributed by atoms with Crippen molar-refractivity contribution >= 4 is 17.3 Å². The minimum atomic E-state index is 0.510. The Balaban J connectivity index is 1.55. The molecule has 2 rings (SSSR count). The van der Waals surface area contributed by atoms with Crippen molar-refractivity contribution < 1.29 is 4.74 Å². The number of rotatable bonds is 7. The molecule has 1 heterocycles. The van der Waals surface area contributed by atoms with Gasteiger partial charge in [-0.3, -0.25) is 4.99 Å². The van der Waals surface area contributed by atoms with Gasteiger partial charge in [-0.1, -0.05) is 12.8 Å². The average molecular weight is 310 g/mol. The summed E-state index contributed by atoms with van der Waals surface area (Å²) in [5.74, 6) is 0.823. The number of aliphatic imine (C=N–C) groups is 1. The third-order valence-electron chi connectivity index (χ3n) is 3.57. The molecule has 0 unspecified atom stereocenters. The SMILES string of the molecule is CN=C(NCCCOC1CCCC1)NCc1ncc(C)s1. The molecule has 0 radical (unpaired) electrons. The molecule has 2 N–H and O–H groups in total. The van der Waals surface area contributed by atoms with Gasteiger partial charge in [0.15, 0.2) is 5.96 Å². The van der Waals surface area contributed by atoms with Gasteiger partial charge in [0.1, 0.15) is 5.01 Å². The maximum absolute atomic E-state index is 5.84. The number of guanidine groups is 1. The van der Waals surface area contributed by atoms with Crippen LogP contribution in [-0.2, 0) is 11.3 Å². The van der Waals surface area contributed by atoms with Crippen LogP contribution in [0.25, 0.3) is 0 Å². The summed E-state index contributed by atoms with van der Waals surface area (Å²) in [6, 6.07) is 0. The summed E-state index contributed by atoms with van der Waals surface area (Å²) in [5.41, 5.74) is 0. The van der Waals surface area contributed by atoms with Crippen molar-refractivity contribution in [1.29, 1.82) is 0 Å². The van der Waals surface area contributed by atoms with E-state index in [2.05, 4.69) is 27.5 Å². The summed E-state index contributed by atoms with van der Waals surface area (Å²) in [6.07, 6.45) is 8.56. The zero-order chi connectivity index (χ0) is 14.9. The fourth-order valence-electron chi connectivity index (χ4n) is 2.45. The molecule has 0 aromatic carbocycles.